The summed E-state index contributed by atoms with van der Waals surface area (Å²) in [4.78, 5) is 0. The van der Waals surface area contributed by atoms with Gasteiger partial charge in [0.1, 0.15) is 29.3 Å². The van der Waals surface area contributed by atoms with Crippen LogP contribution in [-0.2, 0) is 22.6 Å². The molecule has 1 aliphatic rings. The summed E-state index contributed by atoms with van der Waals surface area (Å²) < 4.78 is 24.6. The number of nitrogens with one attached hydrogen (secondary N) is 1. The van der Waals surface area contributed by atoms with Gasteiger partial charge in [0.2, 0.25) is 0 Å². The molecule has 2 atom stereocenters. The monoisotopic (exact) mass is 461 g/mol. The average molecular weight is 462 g/mol. The van der Waals surface area contributed by atoms with E-state index in [1.54, 1.807) is 7.11 Å². The van der Waals surface area contributed by atoms with Crippen LogP contribution >= 0.6 is 0 Å². The van der Waals surface area contributed by atoms with E-state index in [-0.39, 0.29) is 18.3 Å². The molecule has 0 fully saturated rings. The quantitative estimate of drug-likeness (QED) is 0.393. The van der Waals surface area contributed by atoms with Crippen LogP contribution < -0.4 is 14.8 Å². The predicted octanol–water partition coefficient (Wildman–Crippen LogP) is 6.53. The Kier molecular flexibility index (Phi) is 7.44. The number of benzene rings is 3. The highest BCUT2D eigenvalue weighted by Gasteiger charge is 2.46. The summed E-state index contributed by atoms with van der Waals surface area (Å²) in [6, 6.07) is 24.5. The molecule has 2 unspecified atom stereocenters. The van der Waals surface area contributed by atoms with Crippen LogP contribution in [-0.4, -0.2) is 24.9 Å². The van der Waals surface area contributed by atoms with E-state index < -0.39 is 5.60 Å². The van der Waals surface area contributed by atoms with Gasteiger partial charge in [-0.15, -0.1) is 0 Å². The average Bonchev–Trinajstić information content (AvgIpc) is 2.83. The first kappa shape index (κ1) is 24.1. The number of fused-ring (bicyclic) bond motifs is 1. The molecule has 0 amide bonds. The maximum Gasteiger partial charge on any atom is 0.132 e. The number of ether oxygens (including phenoxy) is 4. The van der Waals surface area contributed by atoms with Gasteiger partial charge in [0.25, 0.3) is 0 Å². The molecule has 34 heavy (non-hydrogen) atoms. The van der Waals surface area contributed by atoms with Gasteiger partial charge in [-0.05, 0) is 69.2 Å². The molecule has 5 nitrogen and oxygen atoms in total. The zero-order valence-corrected chi connectivity index (χ0v) is 20.7. The lowest BCUT2D eigenvalue weighted by atomic mass is 9.87. The highest BCUT2D eigenvalue weighted by Crippen LogP contribution is 2.45. The summed E-state index contributed by atoms with van der Waals surface area (Å²) in [7, 11) is 1.68. The summed E-state index contributed by atoms with van der Waals surface area (Å²) in [6.07, 6.45) is -0.463. The zero-order valence-electron chi connectivity index (χ0n) is 20.7. The lowest BCUT2D eigenvalue weighted by molar-refractivity contribution is -0.177. The van der Waals surface area contributed by atoms with E-state index in [9.17, 15) is 0 Å². The van der Waals surface area contributed by atoms with Gasteiger partial charge in [0, 0.05) is 17.8 Å². The number of hydrogen-bond donors (Lipinski definition) is 1. The van der Waals surface area contributed by atoms with Crippen molar-refractivity contribution in [3.8, 4) is 11.5 Å². The van der Waals surface area contributed by atoms with E-state index in [1.807, 2.05) is 36.4 Å². The number of hydrogen-bond acceptors (Lipinski definition) is 5. The minimum Gasteiger partial charge on any atom is -0.497 e. The van der Waals surface area contributed by atoms with Crippen LogP contribution in [0.3, 0.4) is 0 Å². The van der Waals surface area contributed by atoms with E-state index in [2.05, 4.69) is 69.4 Å². The summed E-state index contributed by atoms with van der Waals surface area (Å²) in [6.45, 7) is 9.46. The fourth-order valence-corrected chi connectivity index (χ4v) is 4.28. The molecule has 3 aromatic rings. The van der Waals surface area contributed by atoms with Crippen LogP contribution in [0, 0.1) is 0 Å². The Labute approximate surface area is 203 Å². The molecule has 0 saturated carbocycles. The fourth-order valence-electron chi connectivity index (χ4n) is 4.28. The van der Waals surface area contributed by atoms with Crippen molar-refractivity contribution in [2.75, 3.05) is 12.4 Å². The van der Waals surface area contributed by atoms with Crippen LogP contribution in [0.15, 0.2) is 72.8 Å². The van der Waals surface area contributed by atoms with Crippen molar-refractivity contribution in [3.63, 3.8) is 0 Å². The minimum atomic E-state index is -0.542. The van der Waals surface area contributed by atoms with E-state index in [0.717, 1.165) is 28.3 Å². The minimum absolute atomic E-state index is 0.0467. The summed E-state index contributed by atoms with van der Waals surface area (Å²) in [5.41, 5.74) is 3.78. The predicted molar refractivity (Wildman–Crippen MR) is 135 cm³/mol. The molecule has 0 spiro atoms. The highest BCUT2D eigenvalue weighted by atomic mass is 16.6. The largest absolute Gasteiger partial charge is 0.497 e. The first-order valence-electron chi connectivity index (χ1n) is 11.9. The normalized spacial score (nSPS) is 18.8. The van der Waals surface area contributed by atoms with Crippen molar-refractivity contribution in [2.45, 2.75) is 64.8 Å². The number of anilines is 1. The molecular formula is C29H35NO4. The van der Waals surface area contributed by atoms with Crippen molar-refractivity contribution in [1.29, 1.82) is 0 Å². The van der Waals surface area contributed by atoms with Crippen LogP contribution in [0.5, 0.6) is 11.5 Å². The number of methoxy groups -OCH3 is 1. The first-order chi connectivity index (χ1) is 16.4. The molecule has 0 aliphatic carbocycles. The van der Waals surface area contributed by atoms with Crippen molar-refractivity contribution in [1.82, 2.24) is 0 Å². The van der Waals surface area contributed by atoms with Gasteiger partial charge in [0.05, 0.1) is 19.8 Å². The lowest BCUT2D eigenvalue weighted by Gasteiger charge is -2.45. The van der Waals surface area contributed by atoms with E-state index in [0.29, 0.717) is 13.2 Å². The van der Waals surface area contributed by atoms with Crippen molar-refractivity contribution in [2.24, 2.45) is 0 Å². The maximum absolute atomic E-state index is 6.46. The van der Waals surface area contributed by atoms with E-state index >= 15 is 0 Å². The van der Waals surface area contributed by atoms with Crippen molar-refractivity contribution >= 4 is 5.69 Å². The molecule has 0 radical (unpaired) electrons. The lowest BCUT2D eigenvalue weighted by Crippen LogP contribution is -2.51. The highest BCUT2D eigenvalue weighted by molar-refractivity contribution is 5.54. The molecule has 5 heteroatoms. The van der Waals surface area contributed by atoms with Gasteiger partial charge in [-0.1, -0.05) is 42.5 Å². The van der Waals surface area contributed by atoms with Crippen LogP contribution in [0.4, 0.5) is 5.69 Å². The molecule has 1 aliphatic heterocycles. The van der Waals surface area contributed by atoms with Crippen molar-refractivity contribution in [3.05, 3.63) is 89.5 Å². The van der Waals surface area contributed by atoms with Gasteiger partial charge in [-0.25, -0.2) is 0 Å². The third kappa shape index (κ3) is 5.72. The third-order valence-corrected chi connectivity index (χ3v) is 6.00. The van der Waals surface area contributed by atoms with Gasteiger partial charge in [-0.3, -0.25) is 0 Å². The van der Waals surface area contributed by atoms with E-state index in [4.69, 9.17) is 18.9 Å². The van der Waals surface area contributed by atoms with Crippen LogP contribution in [0.1, 0.15) is 50.5 Å². The summed E-state index contributed by atoms with van der Waals surface area (Å²) >= 11 is 0. The topological polar surface area (TPSA) is 49.0 Å². The summed E-state index contributed by atoms with van der Waals surface area (Å²) in [5, 5.41) is 3.52. The second kappa shape index (κ2) is 10.5. The molecule has 1 N–H and O–H groups in total. The Morgan fingerprint density at radius 3 is 2.35 bits per heavy atom. The van der Waals surface area contributed by atoms with Gasteiger partial charge in [0.15, 0.2) is 0 Å². The first-order valence-corrected chi connectivity index (χ1v) is 11.9. The zero-order chi connectivity index (χ0) is 24.1. The maximum atomic E-state index is 6.46. The van der Waals surface area contributed by atoms with Crippen LogP contribution in [0.2, 0.25) is 0 Å². The fraction of sp³-hybridized carbons (Fsp3) is 0.379. The SMILES string of the molecule is COc1ccc(CNc2ccc3c(c2)C(OC(C)C)C(OCc2ccccc2)C(C)(C)O3)cc1. The van der Waals surface area contributed by atoms with Gasteiger partial charge >= 0.3 is 0 Å². The molecule has 180 valence electrons. The van der Waals surface area contributed by atoms with E-state index in [1.165, 1.54) is 5.56 Å². The molecule has 3 aromatic carbocycles. The van der Waals surface area contributed by atoms with Crippen molar-refractivity contribution < 1.29 is 18.9 Å². The molecule has 1 heterocycles. The third-order valence-electron chi connectivity index (χ3n) is 6.00. The van der Waals surface area contributed by atoms with Gasteiger partial charge < -0.3 is 24.3 Å². The standard InChI is InChI=1S/C29H35NO4/c1-20(2)33-27-25-17-23(30-18-21-11-14-24(31-5)15-12-21)13-16-26(25)34-29(3,4)28(27)32-19-22-9-7-6-8-10-22/h6-17,20,27-28,30H,18-19H2,1-5H3. The smallest absolute Gasteiger partial charge is 0.132 e. The van der Waals surface area contributed by atoms with Gasteiger partial charge in [-0.2, -0.15) is 0 Å². The Hall–Kier alpha value is -3.02. The second-order valence-corrected chi connectivity index (χ2v) is 9.48. The molecule has 4 rings (SSSR count). The Morgan fingerprint density at radius 2 is 1.68 bits per heavy atom. The molecular weight excluding hydrogens is 426 g/mol. The number of rotatable bonds is 9. The Morgan fingerprint density at radius 1 is 0.941 bits per heavy atom. The molecule has 0 bridgehead atoms. The Bertz CT molecular complexity index is 1060. The molecule has 0 saturated heterocycles. The molecule has 0 aromatic heterocycles. The second-order valence-electron chi connectivity index (χ2n) is 9.48. The Balaban J connectivity index is 1.56. The van der Waals surface area contributed by atoms with Crippen LogP contribution in [0.25, 0.3) is 0 Å². The summed E-state index contributed by atoms with van der Waals surface area (Å²) in [5.74, 6) is 1.69.